The van der Waals surface area contributed by atoms with Gasteiger partial charge in [-0.2, -0.15) is 13.2 Å². The topological polar surface area (TPSA) is 122 Å². The Morgan fingerprint density at radius 2 is 1.77 bits per heavy atom. The summed E-state index contributed by atoms with van der Waals surface area (Å²) < 4.78 is 40.0. The number of piperidine rings is 1. The molecule has 3 fully saturated rings. The van der Waals surface area contributed by atoms with Crippen LogP contribution in [0.1, 0.15) is 65.9 Å². The van der Waals surface area contributed by atoms with Gasteiger partial charge < -0.3 is 21.3 Å². The van der Waals surface area contributed by atoms with Crippen molar-refractivity contribution in [2.45, 2.75) is 84.6 Å². The highest BCUT2D eigenvalue weighted by molar-refractivity contribution is 6.37. The highest BCUT2D eigenvalue weighted by Gasteiger charge is 2.69. The third-order valence-corrected chi connectivity index (χ3v) is 9.04. The molecule has 0 bridgehead atoms. The van der Waals surface area contributed by atoms with Crippen molar-refractivity contribution in [3.63, 3.8) is 0 Å². The number of primary amides is 1. The van der Waals surface area contributed by atoms with E-state index in [1.165, 1.54) is 17.0 Å². The van der Waals surface area contributed by atoms with Crippen LogP contribution in [-0.2, 0) is 25.4 Å². The van der Waals surface area contributed by atoms with Crippen molar-refractivity contribution < 1.29 is 32.3 Å². The second kappa shape index (κ2) is 10.4. The minimum absolute atomic E-state index is 0.0540. The maximum atomic E-state index is 14.1. The number of halogens is 3. The van der Waals surface area contributed by atoms with Gasteiger partial charge in [0.25, 0.3) is 5.91 Å². The van der Waals surface area contributed by atoms with Crippen LogP contribution in [0.5, 0.6) is 0 Å². The van der Waals surface area contributed by atoms with Crippen molar-refractivity contribution in [1.82, 2.24) is 10.2 Å². The molecule has 1 aliphatic heterocycles. The lowest BCUT2D eigenvalue weighted by atomic mass is 9.80. The zero-order valence-corrected chi connectivity index (χ0v) is 23.6. The molecule has 1 aromatic carbocycles. The van der Waals surface area contributed by atoms with Gasteiger partial charge in [-0.3, -0.25) is 19.2 Å². The molecular formula is C29H39F3N4O4. The fourth-order valence-corrected chi connectivity index (χ4v) is 6.30. The molecular weight excluding hydrogens is 525 g/mol. The van der Waals surface area contributed by atoms with E-state index in [9.17, 15) is 32.3 Å². The van der Waals surface area contributed by atoms with E-state index in [0.29, 0.717) is 13.0 Å². The molecule has 1 aromatic rings. The molecule has 2 saturated carbocycles. The Morgan fingerprint density at radius 1 is 1.12 bits per heavy atom. The number of Topliss-reactive ketones (excluding diaryl/α,β-unsaturated/α-hetero) is 1. The molecule has 0 spiro atoms. The maximum absolute atomic E-state index is 14.1. The van der Waals surface area contributed by atoms with Gasteiger partial charge in [0.1, 0.15) is 12.1 Å². The molecule has 4 N–H and O–H groups in total. The fraction of sp³-hybridized carbons (Fsp3) is 0.655. The second-order valence-electron chi connectivity index (χ2n) is 13.2. The third-order valence-electron chi connectivity index (χ3n) is 9.04. The Balaban J connectivity index is 1.59. The molecule has 0 radical (unpaired) electrons. The summed E-state index contributed by atoms with van der Waals surface area (Å²) in [5.74, 6) is -2.80. The minimum atomic E-state index is -4.54. The lowest BCUT2D eigenvalue weighted by molar-refractivity contribution is -0.144. The zero-order chi connectivity index (χ0) is 29.8. The number of likely N-dealkylation sites (tertiary alicyclic amines) is 1. The Morgan fingerprint density at radius 3 is 2.30 bits per heavy atom. The number of anilines is 1. The first-order valence-corrected chi connectivity index (χ1v) is 13.8. The first-order chi connectivity index (χ1) is 18.4. The lowest BCUT2D eigenvalue weighted by Crippen LogP contribution is -2.58. The van der Waals surface area contributed by atoms with Crippen LogP contribution >= 0.6 is 0 Å². The second-order valence-corrected chi connectivity index (χ2v) is 13.2. The number of hydrogen-bond acceptors (Lipinski definition) is 5. The van der Waals surface area contributed by atoms with Crippen LogP contribution in [0.15, 0.2) is 24.3 Å². The van der Waals surface area contributed by atoms with Crippen LogP contribution in [0, 0.1) is 28.6 Å². The van der Waals surface area contributed by atoms with Crippen LogP contribution < -0.4 is 16.4 Å². The van der Waals surface area contributed by atoms with Gasteiger partial charge in [0, 0.05) is 12.2 Å². The summed E-state index contributed by atoms with van der Waals surface area (Å²) >= 11 is 0. The summed E-state index contributed by atoms with van der Waals surface area (Å²) in [4.78, 5) is 53.6. The number of fused-ring (bicyclic) bond motifs is 1. The summed E-state index contributed by atoms with van der Waals surface area (Å²) in [5.41, 5.74) is 3.65. The largest absolute Gasteiger partial charge is 0.416 e. The number of alkyl halides is 3. The van der Waals surface area contributed by atoms with E-state index in [0.717, 1.165) is 31.4 Å². The number of hydrogen-bond donors (Lipinski definition) is 3. The van der Waals surface area contributed by atoms with Gasteiger partial charge in [0.15, 0.2) is 0 Å². The number of rotatable bonds is 9. The fourth-order valence-electron chi connectivity index (χ4n) is 6.30. The van der Waals surface area contributed by atoms with E-state index in [-0.39, 0.29) is 28.9 Å². The van der Waals surface area contributed by atoms with Gasteiger partial charge in [0.2, 0.25) is 17.6 Å². The monoisotopic (exact) mass is 564 g/mol. The van der Waals surface area contributed by atoms with Crippen LogP contribution in [0.2, 0.25) is 0 Å². The van der Waals surface area contributed by atoms with Gasteiger partial charge in [-0.05, 0) is 53.2 Å². The number of nitrogens with zero attached hydrogens (tertiary/aromatic N) is 1. The number of nitrogens with one attached hydrogen (secondary N) is 2. The van der Waals surface area contributed by atoms with E-state index in [2.05, 4.69) is 10.6 Å². The molecule has 3 amide bonds. The van der Waals surface area contributed by atoms with Gasteiger partial charge in [-0.1, -0.05) is 59.9 Å². The number of carbonyl (C=O) groups is 4. The molecule has 3 aliphatic rings. The van der Waals surface area contributed by atoms with Gasteiger partial charge in [-0.25, -0.2) is 0 Å². The summed E-state index contributed by atoms with van der Waals surface area (Å²) in [7, 11) is 0. The first kappa shape index (κ1) is 29.9. The molecule has 1 saturated heterocycles. The Hall–Kier alpha value is -3.11. The molecule has 220 valence electrons. The van der Waals surface area contributed by atoms with Crippen molar-refractivity contribution in [3.8, 4) is 0 Å². The standard InChI is InChI=1S/C29H39F3N4O4/c1-27(2,3)23(34-17-11-7-10-16(13-17)29(30,31)32)26(40)36-14-18-20(28(18,4)5)21(36)25(39)35-19(22(37)24(33)38)12-15-8-6-9-15/h7,10-11,13,15,18-21,23,34H,6,8-9,12,14H2,1-5H3,(H2,33,38)(H,35,39)/t18-,19?,20-,21-,23+/m0/s1. The van der Waals surface area contributed by atoms with E-state index in [1.807, 2.05) is 13.8 Å². The molecule has 0 aromatic heterocycles. The van der Waals surface area contributed by atoms with E-state index in [4.69, 9.17) is 5.73 Å². The lowest BCUT2D eigenvalue weighted by Gasteiger charge is -2.38. The maximum Gasteiger partial charge on any atom is 0.416 e. The van der Waals surface area contributed by atoms with Crippen LogP contribution in [0.4, 0.5) is 18.9 Å². The molecule has 11 heteroatoms. The van der Waals surface area contributed by atoms with Crippen molar-refractivity contribution in [3.05, 3.63) is 29.8 Å². The molecule has 5 atom stereocenters. The van der Waals surface area contributed by atoms with E-state index < -0.39 is 58.8 Å². The predicted molar refractivity (Wildman–Crippen MR) is 143 cm³/mol. The van der Waals surface area contributed by atoms with Crippen molar-refractivity contribution >= 4 is 29.2 Å². The highest BCUT2D eigenvalue weighted by atomic mass is 19.4. The minimum Gasteiger partial charge on any atom is -0.373 e. The average Bonchev–Trinajstić information content (AvgIpc) is 3.15. The average molecular weight is 565 g/mol. The summed E-state index contributed by atoms with van der Waals surface area (Å²) in [6.07, 6.45) is -1.40. The van der Waals surface area contributed by atoms with E-state index in [1.54, 1.807) is 20.8 Å². The van der Waals surface area contributed by atoms with Crippen LogP contribution in [0.25, 0.3) is 0 Å². The molecule has 1 unspecified atom stereocenters. The SMILES string of the molecule is CC(C)(C)[C@H](Nc1cccc(C(F)(F)F)c1)C(=O)N1C[C@H]2[C@@H]([C@H]1C(=O)NC(CC1CCC1)C(=O)C(N)=O)C2(C)C. The summed E-state index contributed by atoms with van der Waals surface area (Å²) in [6.45, 7) is 9.74. The molecule has 4 rings (SSSR count). The summed E-state index contributed by atoms with van der Waals surface area (Å²) in [5, 5.41) is 5.74. The van der Waals surface area contributed by atoms with Gasteiger partial charge >= 0.3 is 6.18 Å². The number of carbonyl (C=O) groups excluding carboxylic acids is 4. The van der Waals surface area contributed by atoms with E-state index >= 15 is 0 Å². The molecule has 2 aliphatic carbocycles. The first-order valence-electron chi connectivity index (χ1n) is 13.8. The molecule has 1 heterocycles. The van der Waals surface area contributed by atoms with Crippen LogP contribution in [0.3, 0.4) is 0 Å². The third kappa shape index (κ3) is 5.83. The normalized spacial score (nSPS) is 25.3. The van der Waals surface area contributed by atoms with Crippen molar-refractivity contribution in [2.24, 2.45) is 34.3 Å². The molecule has 40 heavy (non-hydrogen) atoms. The Bertz CT molecular complexity index is 1190. The van der Waals surface area contributed by atoms with Gasteiger partial charge in [0.05, 0.1) is 11.6 Å². The zero-order valence-electron chi connectivity index (χ0n) is 23.6. The predicted octanol–water partition coefficient (Wildman–Crippen LogP) is 3.74. The summed E-state index contributed by atoms with van der Waals surface area (Å²) in [6, 6.07) is 1.78. The number of amides is 3. The number of ketones is 1. The molecule has 8 nitrogen and oxygen atoms in total. The number of benzene rings is 1. The van der Waals surface area contributed by atoms with Gasteiger partial charge in [-0.15, -0.1) is 0 Å². The number of nitrogens with two attached hydrogens (primary N) is 1. The van der Waals surface area contributed by atoms with Crippen LogP contribution in [-0.4, -0.2) is 53.1 Å². The Kier molecular flexibility index (Phi) is 7.75. The van der Waals surface area contributed by atoms with Crippen molar-refractivity contribution in [1.29, 1.82) is 0 Å². The highest BCUT2D eigenvalue weighted by Crippen LogP contribution is 2.65. The smallest absolute Gasteiger partial charge is 0.373 e. The Labute approximate surface area is 232 Å². The van der Waals surface area contributed by atoms with Crippen molar-refractivity contribution in [2.75, 3.05) is 11.9 Å². The quantitative estimate of drug-likeness (QED) is 0.395.